The Bertz CT molecular complexity index is 1620. The van der Waals surface area contributed by atoms with Gasteiger partial charge in [-0.1, -0.05) is 26.0 Å². The highest BCUT2D eigenvalue weighted by atomic mass is 19.1. The summed E-state index contributed by atoms with van der Waals surface area (Å²) in [7, 11) is 0. The Morgan fingerprint density at radius 1 is 1.11 bits per heavy atom. The third-order valence-electron chi connectivity index (χ3n) is 9.93. The van der Waals surface area contributed by atoms with Crippen LogP contribution in [0.3, 0.4) is 0 Å². The van der Waals surface area contributed by atoms with Gasteiger partial charge in [0.05, 0.1) is 49.0 Å². The number of hydrogen-bond donors (Lipinski definition) is 2. The summed E-state index contributed by atoms with van der Waals surface area (Å²) in [6.07, 6.45) is -0.462. The van der Waals surface area contributed by atoms with Crippen LogP contribution in [0.1, 0.15) is 56.0 Å². The molecule has 0 unspecified atom stereocenters. The zero-order valence-electron chi connectivity index (χ0n) is 27.4. The van der Waals surface area contributed by atoms with Crippen LogP contribution in [0.5, 0.6) is 0 Å². The van der Waals surface area contributed by atoms with Crippen LogP contribution < -0.4 is 4.90 Å². The molecule has 0 bridgehead atoms. The first-order valence-electron chi connectivity index (χ1n) is 16.1. The number of aliphatic hydroxyl groups is 1. The summed E-state index contributed by atoms with van der Waals surface area (Å²) in [5.41, 5.74) is 4.56. The van der Waals surface area contributed by atoms with Crippen molar-refractivity contribution in [2.75, 3.05) is 57.4 Å². The summed E-state index contributed by atoms with van der Waals surface area (Å²) < 4.78 is 21.4. The number of aliphatic hydroxyl groups excluding tert-OH is 1. The van der Waals surface area contributed by atoms with Gasteiger partial charge in [0, 0.05) is 56.3 Å². The van der Waals surface area contributed by atoms with Gasteiger partial charge in [0.25, 0.3) is 0 Å². The number of imidazole rings is 1. The first kappa shape index (κ1) is 32.4. The number of nitrogens with zero attached hydrogens (tertiary/aromatic N) is 6. The van der Waals surface area contributed by atoms with E-state index in [9.17, 15) is 24.2 Å². The standard InChI is InChI=1S/C34H45FN6O5/c1-21-14-38(27(16-39(21)33(44)45)15-37-10-11-46-19-22(37)2)17-30(43)40-20-34(4,5)32-29(40)13-25(12-24-6-8-26(35)9-7-24)31-28(18-42)36-23(3)41(31)32/h6-9,13,21-22,27,42H,10-12,14-20H2,1-5H3,(H,44,45)/t21-,22-,27+/m1/s1. The van der Waals surface area contributed by atoms with Crippen molar-refractivity contribution in [1.82, 2.24) is 24.1 Å². The molecular weight excluding hydrogens is 591 g/mol. The number of amides is 2. The van der Waals surface area contributed by atoms with Gasteiger partial charge in [0.15, 0.2) is 0 Å². The molecule has 6 rings (SSSR count). The third-order valence-corrected chi connectivity index (χ3v) is 9.93. The predicted octanol–water partition coefficient (Wildman–Crippen LogP) is 3.26. The SMILES string of the molecule is Cc1nc(CO)c2c(Cc3ccc(F)cc3)cc3c(n12)C(C)(C)CN3C(=O)CN1C[C@@H](C)N(C(=O)O)C[C@@H]1CN1CCOC[C@H]1C. The maximum Gasteiger partial charge on any atom is 0.407 e. The number of anilines is 1. The molecule has 3 aliphatic heterocycles. The van der Waals surface area contributed by atoms with E-state index in [4.69, 9.17) is 9.72 Å². The minimum absolute atomic E-state index is 0.0462. The van der Waals surface area contributed by atoms with E-state index in [0.717, 1.165) is 40.4 Å². The Labute approximate surface area is 269 Å². The van der Waals surface area contributed by atoms with E-state index in [-0.39, 0.29) is 43.0 Å². The second-order valence-electron chi connectivity index (χ2n) is 13.8. The number of piperazine rings is 1. The van der Waals surface area contributed by atoms with Crippen molar-refractivity contribution in [3.05, 3.63) is 64.5 Å². The topological polar surface area (TPSA) is 114 Å². The Hall–Kier alpha value is -3.58. The third kappa shape index (κ3) is 5.99. The van der Waals surface area contributed by atoms with Gasteiger partial charge >= 0.3 is 6.09 Å². The smallest absolute Gasteiger partial charge is 0.407 e. The molecule has 0 radical (unpaired) electrons. The van der Waals surface area contributed by atoms with E-state index in [0.29, 0.717) is 51.5 Å². The highest BCUT2D eigenvalue weighted by Crippen LogP contribution is 2.43. The zero-order valence-corrected chi connectivity index (χ0v) is 27.4. The average molecular weight is 637 g/mol. The first-order chi connectivity index (χ1) is 21.9. The molecule has 0 saturated carbocycles. The molecule has 0 spiro atoms. The number of fused-ring (bicyclic) bond motifs is 3. The number of rotatable bonds is 7. The second kappa shape index (κ2) is 12.6. The van der Waals surface area contributed by atoms with Gasteiger partial charge in [0.2, 0.25) is 5.91 Å². The molecule has 0 aliphatic carbocycles. The molecule has 248 valence electrons. The Balaban J connectivity index is 1.35. The average Bonchev–Trinajstić information content (AvgIpc) is 3.48. The Kier molecular flexibility index (Phi) is 8.83. The number of hydrogen-bond acceptors (Lipinski definition) is 7. The number of aryl methyl sites for hydroxylation is 1. The second-order valence-corrected chi connectivity index (χ2v) is 13.8. The van der Waals surface area contributed by atoms with Crippen LogP contribution in [-0.4, -0.2) is 117 Å². The van der Waals surface area contributed by atoms with Crippen LogP contribution in [0.15, 0.2) is 30.3 Å². The van der Waals surface area contributed by atoms with Gasteiger partial charge in [-0.25, -0.2) is 14.2 Å². The highest BCUT2D eigenvalue weighted by molar-refractivity contribution is 5.98. The lowest BCUT2D eigenvalue weighted by Gasteiger charge is -2.47. The van der Waals surface area contributed by atoms with Gasteiger partial charge < -0.3 is 24.7 Å². The van der Waals surface area contributed by atoms with Crippen molar-refractivity contribution in [3.8, 4) is 0 Å². The van der Waals surface area contributed by atoms with Crippen LogP contribution in [0.4, 0.5) is 14.9 Å². The van der Waals surface area contributed by atoms with Gasteiger partial charge in [-0.3, -0.25) is 19.0 Å². The van der Waals surface area contributed by atoms with Crippen molar-refractivity contribution >= 4 is 23.2 Å². The molecule has 1 aromatic carbocycles. The molecule has 2 amide bonds. The maximum atomic E-state index is 14.4. The molecule has 12 heteroatoms. The van der Waals surface area contributed by atoms with Crippen molar-refractivity contribution in [3.63, 3.8) is 0 Å². The number of morpholine rings is 1. The van der Waals surface area contributed by atoms with E-state index in [1.165, 1.54) is 17.0 Å². The molecule has 3 atom stereocenters. The molecule has 2 fully saturated rings. The van der Waals surface area contributed by atoms with Crippen molar-refractivity contribution in [2.45, 2.75) is 71.2 Å². The molecule has 5 heterocycles. The van der Waals surface area contributed by atoms with E-state index in [1.807, 2.05) is 24.8 Å². The molecule has 2 saturated heterocycles. The van der Waals surface area contributed by atoms with E-state index in [1.54, 1.807) is 12.1 Å². The minimum atomic E-state index is -0.940. The predicted molar refractivity (Wildman–Crippen MR) is 172 cm³/mol. The summed E-state index contributed by atoms with van der Waals surface area (Å²) in [4.78, 5) is 39.0. The van der Waals surface area contributed by atoms with Gasteiger partial charge in [0.1, 0.15) is 11.6 Å². The maximum absolute atomic E-state index is 14.4. The monoisotopic (exact) mass is 636 g/mol. The Morgan fingerprint density at radius 3 is 2.52 bits per heavy atom. The van der Waals surface area contributed by atoms with Crippen LogP contribution >= 0.6 is 0 Å². The lowest BCUT2D eigenvalue weighted by molar-refractivity contribution is -0.121. The van der Waals surface area contributed by atoms with Crippen LogP contribution in [0.2, 0.25) is 0 Å². The van der Waals surface area contributed by atoms with Gasteiger partial charge in [-0.05, 0) is 56.5 Å². The molecule has 3 aliphatic rings. The molecule has 3 aromatic rings. The van der Waals surface area contributed by atoms with Gasteiger partial charge in [-0.2, -0.15) is 0 Å². The Morgan fingerprint density at radius 2 is 1.85 bits per heavy atom. The number of benzene rings is 1. The highest BCUT2D eigenvalue weighted by Gasteiger charge is 2.43. The number of pyridine rings is 1. The first-order valence-corrected chi connectivity index (χ1v) is 16.1. The summed E-state index contributed by atoms with van der Waals surface area (Å²) >= 11 is 0. The lowest BCUT2D eigenvalue weighted by Crippen LogP contribution is -2.64. The number of carbonyl (C=O) groups is 2. The number of carboxylic acid groups (broad SMARTS) is 1. The number of ether oxygens (including phenoxy) is 1. The van der Waals surface area contributed by atoms with Gasteiger partial charge in [-0.15, -0.1) is 0 Å². The lowest BCUT2D eigenvalue weighted by atomic mass is 9.90. The van der Waals surface area contributed by atoms with Crippen LogP contribution in [-0.2, 0) is 28.0 Å². The van der Waals surface area contributed by atoms with E-state index >= 15 is 0 Å². The van der Waals surface area contributed by atoms with Crippen molar-refractivity contribution in [2.24, 2.45) is 0 Å². The fourth-order valence-electron chi connectivity index (χ4n) is 7.61. The van der Waals surface area contributed by atoms with E-state index in [2.05, 4.69) is 35.0 Å². The fourth-order valence-corrected chi connectivity index (χ4v) is 7.61. The van der Waals surface area contributed by atoms with Crippen molar-refractivity contribution < 1.29 is 28.9 Å². The zero-order chi connectivity index (χ0) is 32.9. The van der Waals surface area contributed by atoms with Crippen LogP contribution in [0.25, 0.3) is 5.52 Å². The molecule has 46 heavy (non-hydrogen) atoms. The molecule has 2 N–H and O–H groups in total. The number of carbonyl (C=O) groups excluding carboxylic acids is 1. The normalized spacial score (nSPS) is 23.7. The molecule has 2 aromatic heterocycles. The summed E-state index contributed by atoms with van der Waals surface area (Å²) in [6, 6.07) is 8.23. The minimum Gasteiger partial charge on any atom is -0.465 e. The van der Waals surface area contributed by atoms with Crippen LogP contribution in [0, 0.1) is 12.7 Å². The largest absolute Gasteiger partial charge is 0.465 e. The summed E-state index contributed by atoms with van der Waals surface area (Å²) in [5.74, 6) is 0.379. The quantitative estimate of drug-likeness (QED) is 0.407. The summed E-state index contributed by atoms with van der Waals surface area (Å²) in [5, 5.41) is 20.2. The molecule has 11 nitrogen and oxygen atoms in total. The number of halogens is 1. The van der Waals surface area contributed by atoms with Crippen molar-refractivity contribution in [1.29, 1.82) is 0 Å². The van der Waals surface area contributed by atoms with E-state index < -0.39 is 11.5 Å². The fraction of sp³-hybridized carbons (Fsp3) is 0.559. The summed E-state index contributed by atoms with van der Waals surface area (Å²) in [6.45, 7) is 14.0. The molecular formula is C34H45FN6O5. The number of aromatic nitrogens is 2.